The Balaban J connectivity index is 1.46. The van der Waals surface area contributed by atoms with Crippen molar-refractivity contribution in [3.05, 3.63) is 83.9 Å². The molecular weight excluding hydrogens is 416 g/mol. The van der Waals surface area contributed by atoms with Crippen LogP contribution in [0.1, 0.15) is 35.7 Å². The second-order valence-corrected chi connectivity index (χ2v) is 9.16. The first-order valence-electron chi connectivity index (χ1n) is 11.2. The number of hydrogen-bond donors (Lipinski definition) is 0. The van der Waals surface area contributed by atoms with Gasteiger partial charge in [-0.15, -0.1) is 0 Å². The van der Waals surface area contributed by atoms with Gasteiger partial charge in [-0.1, -0.05) is 66.8 Å². The van der Waals surface area contributed by atoms with Gasteiger partial charge in [0.1, 0.15) is 0 Å². The molecule has 4 aromatic rings. The number of aromatic nitrogens is 1. The standard InChI is InChI=1S/C27H26N2O2S/c1-2-19-10-15-24-25(17-19)32-27(28-24)29(18-23-9-6-16-31-23)26(30)22-13-11-21(12-14-22)20-7-4-3-5-8-20/h3-5,7-8,10-15,17,23H,2,6,9,16,18H2,1H3. The number of carbonyl (C=O) groups is 1. The summed E-state index contributed by atoms with van der Waals surface area (Å²) >= 11 is 1.58. The van der Waals surface area contributed by atoms with Gasteiger partial charge in [0.05, 0.1) is 22.9 Å². The Morgan fingerprint density at radius 1 is 1.06 bits per heavy atom. The normalized spacial score (nSPS) is 15.8. The molecular formula is C27H26N2O2S. The molecule has 5 rings (SSSR count). The summed E-state index contributed by atoms with van der Waals surface area (Å²) in [5, 5.41) is 0.737. The quantitative estimate of drug-likeness (QED) is 0.349. The lowest BCUT2D eigenvalue weighted by molar-refractivity contribution is 0.0917. The van der Waals surface area contributed by atoms with Gasteiger partial charge in [-0.05, 0) is 60.2 Å². The van der Waals surface area contributed by atoms with Gasteiger partial charge >= 0.3 is 0 Å². The molecule has 0 N–H and O–H groups in total. The zero-order valence-corrected chi connectivity index (χ0v) is 19.0. The highest BCUT2D eigenvalue weighted by atomic mass is 32.1. The minimum atomic E-state index is -0.0325. The van der Waals surface area contributed by atoms with Crippen molar-refractivity contribution < 1.29 is 9.53 Å². The summed E-state index contributed by atoms with van der Waals surface area (Å²) < 4.78 is 6.98. The second kappa shape index (κ2) is 9.23. The number of hydrogen-bond acceptors (Lipinski definition) is 4. The molecule has 3 aromatic carbocycles. The molecule has 1 saturated heterocycles. The van der Waals surface area contributed by atoms with Crippen LogP contribution in [0.15, 0.2) is 72.8 Å². The zero-order chi connectivity index (χ0) is 21.9. The first-order valence-corrected chi connectivity index (χ1v) is 12.0. The third kappa shape index (κ3) is 4.31. The third-order valence-corrected chi connectivity index (χ3v) is 7.02. The zero-order valence-electron chi connectivity index (χ0n) is 18.2. The van der Waals surface area contributed by atoms with E-state index in [4.69, 9.17) is 9.72 Å². The highest BCUT2D eigenvalue weighted by Crippen LogP contribution is 2.32. The number of benzene rings is 3. The second-order valence-electron chi connectivity index (χ2n) is 8.15. The Bertz CT molecular complexity index is 1210. The number of aryl methyl sites for hydroxylation is 1. The van der Waals surface area contributed by atoms with Gasteiger partial charge in [0.25, 0.3) is 5.91 Å². The van der Waals surface area contributed by atoms with Crippen LogP contribution in [0.5, 0.6) is 0 Å². The largest absolute Gasteiger partial charge is 0.376 e. The highest BCUT2D eigenvalue weighted by Gasteiger charge is 2.27. The van der Waals surface area contributed by atoms with E-state index in [2.05, 4.69) is 37.3 Å². The van der Waals surface area contributed by atoms with Gasteiger partial charge in [0.2, 0.25) is 0 Å². The molecule has 5 heteroatoms. The minimum Gasteiger partial charge on any atom is -0.376 e. The molecule has 1 aliphatic heterocycles. The summed E-state index contributed by atoms with van der Waals surface area (Å²) in [4.78, 5) is 20.2. The monoisotopic (exact) mass is 442 g/mol. The van der Waals surface area contributed by atoms with Crippen LogP contribution in [0.3, 0.4) is 0 Å². The maximum absolute atomic E-state index is 13.6. The fourth-order valence-corrected chi connectivity index (χ4v) is 5.16. The molecule has 2 heterocycles. The molecule has 32 heavy (non-hydrogen) atoms. The molecule has 162 valence electrons. The first kappa shape index (κ1) is 20.9. The molecule has 1 atom stereocenters. The molecule has 0 saturated carbocycles. The summed E-state index contributed by atoms with van der Waals surface area (Å²) in [6, 6.07) is 24.4. The average molecular weight is 443 g/mol. The van der Waals surface area contributed by atoms with Crippen molar-refractivity contribution in [2.75, 3.05) is 18.1 Å². The minimum absolute atomic E-state index is 0.0325. The molecule has 0 radical (unpaired) electrons. The molecule has 0 bridgehead atoms. The van der Waals surface area contributed by atoms with E-state index in [-0.39, 0.29) is 12.0 Å². The van der Waals surface area contributed by atoms with E-state index in [1.54, 1.807) is 11.3 Å². The molecule has 4 nitrogen and oxygen atoms in total. The Kier molecular flexibility index (Phi) is 6.02. The van der Waals surface area contributed by atoms with E-state index in [1.807, 2.05) is 47.4 Å². The van der Waals surface area contributed by atoms with Crippen LogP contribution in [0, 0.1) is 0 Å². The van der Waals surface area contributed by atoms with E-state index >= 15 is 0 Å². The smallest absolute Gasteiger partial charge is 0.260 e. The van der Waals surface area contributed by atoms with Crippen molar-refractivity contribution in [2.45, 2.75) is 32.3 Å². The number of fused-ring (bicyclic) bond motifs is 1. The summed E-state index contributed by atoms with van der Waals surface area (Å²) in [6.45, 7) is 3.44. The molecule has 0 spiro atoms. The molecule has 0 aliphatic carbocycles. The Labute approximate surface area is 192 Å². The lowest BCUT2D eigenvalue weighted by Gasteiger charge is -2.23. The maximum atomic E-state index is 13.6. The van der Waals surface area contributed by atoms with Crippen molar-refractivity contribution in [1.82, 2.24) is 4.98 Å². The van der Waals surface area contributed by atoms with E-state index in [0.29, 0.717) is 12.1 Å². The van der Waals surface area contributed by atoms with Crippen LogP contribution < -0.4 is 4.90 Å². The summed E-state index contributed by atoms with van der Waals surface area (Å²) in [5.74, 6) is -0.0325. The Hall–Kier alpha value is -3.02. The number of anilines is 1. The summed E-state index contributed by atoms with van der Waals surface area (Å²) in [7, 11) is 0. The molecule has 1 aromatic heterocycles. The van der Waals surface area contributed by atoms with Crippen molar-refractivity contribution in [1.29, 1.82) is 0 Å². The first-order chi connectivity index (χ1) is 15.7. The van der Waals surface area contributed by atoms with Gasteiger partial charge in [-0.2, -0.15) is 0 Å². The number of nitrogens with zero attached hydrogens (tertiary/aromatic N) is 2. The summed E-state index contributed by atoms with van der Waals surface area (Å²) in [6.07, 6.45) is 3.05. The average Bonchev–Trinajstić information content (AvgIpc) is 3.52. The molecule has 1 amide bonds. The van der Waals surface area contributed by atoms with E-state index < -0.39 is 0 Å². The van der Waals surface area contributed by atoms with Gasteiger partial charge in [0, 0.05) is 12.2 Å². The fourth-order valence-electron chi connectivity index (χ4n) is 4.12. The number of carbonyl (C=O) groups excluding carboxylic acids is 1. The number of amides is 1. The van der Waals surface area contributed by atoms with Crippen molar-refractivity contribution >= 4 is 32.6 Å². The topological polar surface area (TPSA) is 42.4 Å². The predicted molar refractivity (Wildman–Crippen MR) is 132 cm³/mol. The van der Waals surface area contributed by atoms with Crippen LogP contribution in [-0.2, 0) is 11.2 Å². The lowest BCUT2D eigenvalue weighted by Crippen LogP contribution is -2.37. The lowest BCUT2D eigenvalue weighted by atomic mass is 10.0. The highest BCUT2D eigenvalue weighted by molar-refractivity contribution is 7.22. The van der Waals surface area contributed by atoms with Crippen molar-refractivity contribution in [3.63, 3.8) is 0 Å². The van der Waals surface area contributed by atoms with E-state index in [1.165, 1.54) is 5.56 Å². The third-order valence-electron chi connectivity index (χ3n) is 5.98. The van der Waals surface area contributed by atoms with E-state index in [9.17, 15) is 4.79 Å². The van der Waals surface area contributed by atoms with Crippen molar-refractivity contribution in [2.24, 2.45) is 0 Å². The molecule has 1 fully saturated rings. The fraction of sp³-hybridized carbons (Fsp3) is 0.259. The number of rotatable bonds is 6. The van der Waals surface area contributed by atoms with Gasteiger partial charge in [0.15, 0.2) is 5.13 Å². The van der Waals surface area contributed by atoms with Crippen LogP contribution in [0.25, 0.3) is 21.3 Å². The maximum Gasteiger partial charge on any atom is 0.260 e. The molecule has 1 unspecified atom stereocenters. The van der Waals surface area contributed by atoms with Crippen LogP contribution >= 0.6 is 11.3 Å². The number of ether oxygens (including phenoxy) is 1. The van der Waals surface area contributed by atoms with Gasteiger partial charge < -0.3 is 4.74 Å². The Morgan fingerprint density at radius 3 is 2.56 bits per heavy atom. The van der Waals surface area contributed by atoms with Gasteiger partial charge in [-0.25, -0.2) is 4.98 Å². The van der Waals surface area contributed by atoms with Crippen LogP contribution in [0.2, 0.25) is 0 Å². The van der Waals surface area contributed by atoms with Gasteiger partial charge in [-0.3, -0.25) is 9.69 Å². The SMILES string of the molecule is CCc1ccc2nc(N(CC3CCCO3)C(=O)c3ccc(-c4ccccc4)cc3)sc2c1. The molecule has 1 aliphatic rings. The van der Waals surface area contributed by atoms with Crippen LogP contribution in [-0.4, -0.2) is 30.1 Å². The Morgan fingerprint density at radius 2 is 1.84 bits per heavy atom. The van der Waals surface area contributed by atoms with Crippen molar-refractivity contribution in [3.8, 4) is 11.1 Å². The van der Waals surface area contributed by atoms with Crippen LogP contribution in [0.4, 0.5) is 5.13 Å². The summed E-state index contributed by atoms with van der Waals surface area (Å²) in [5.41, 5.74) is 5.12. The number of thiazole rings is 1. The predicted octanol–water partition coefficient (Wildman–Crippen LogP) is 6.35. The van der Waals surface area contributed by atoms with E-state index in [0.717, 1.165) is 52.3 Å².